The first-order chi connectivity index (χ1) is 14.1. The maximum Gasteiger partial charge on any atom is 0.253 e. The highest BCUT2D eigenvalue weighted by Gasteiger charge is 2.12. The van der Waals surface area contributed by atoms with E-state index in [1.807, 2.05) is 72.8 Å². The number of carbonyl (C=O) groups excluding carboxylic acids is 2. The molecular weight excluding hydrogens is 362 g/mol. The molecule has 0 spiro atoms. The molecule has 0 bridgehead atoms. The van der Waals surface area contributed by atoms with Gasteiger partial charge in [-0.3, -0.25) is 9.59 Å². The monoisotopic (exact) mass is 387 g/mol. The normalized spacial score (nSPS) is 10.2. The Labute approximate surface area is 171 Å². The molecule has 5 heteroatoms. The van der Waals surface area contributed by atoms with Crippen molar-refractivity contribution < 1.29 is 9.59 Å². The SMILES string of the molecule is CN(Cc1ccccc1)C(=O)c1cccc(NCC(=O)NCc2ccccc2)c1. The third kappa shape index (κ3) is 6.21. The van der Waals surface area contributed by atoms with Crippen LogP contribution in [0.25, 0.3) is 0 Å². The average molecular weight is 387 g/mol. The number of hydrogen-bond acceptors (Lipinski definition) is 3. The molecule has 3 aromatic carbocycles. The summed E-state index contributed by atoms with van der Waals surface area (Å²) in [5.74, 6) is -0.169. The summed E-state index contributed by atoms with van der Waals surface area (Å²) in [6.07, 6.45) is 0. The molecule has 0 atom stereocenters. The van der Waals surface area contributed by atoms with E-state index in [1.165, 1.54) is 0 Å². The fourth-order valence-corrected chi connectivity index (χ4v) is 2.95. The van der Waals surface area contributed by atoms with E-state index in [1.54, 1.807) is 24.1 Å². The molecule has 148 valence electrons. The highest BCUT2D eigenvalue weighted by atomic mass is 16.2. The highest BCUT2D eigenvalue weighted by Crippen LogP contribution is 2.14. The summed E-state index contributed by atoms with van der Waals surface area (Å²) in [4.78, 5) is 26.5. The van der Waals surface area contributed by atoms with Gasteiger partial charge in [0.2, 0.25) is 5.91 Å². The van der Waals surface area contributed by atoms with Crippen molar-refractivity contribution in [2.75, 3.05) is 18.9 Å². The summed E-state index contributed by atoms with van der Waals surface area (Å²) in [5, 5.41) is 5.96. The molecule has 0 aliphatic heterocycles. The zero-order valence-electron chi connectivity index (χ0n) is 16.5. The molecule has 0 fully saturated rings. The Balaban J connectivity index is 1.52. The van der Waals surface area contributed by atoms with Gasteiger partial charge < -0.3 is 15.5 Å². The molecule has 2 N–H and O–H groups in total. The van der Waals surface area contributed by atoms with Gasteiger partial charge in [0.15, 0.2) is 0 Å². The van der Waals surface area contributed by atoms with Crippen LogP contribution in [0.1, 0.15) is 21.5 Å². The van der Waals surface area contributed by atoms with E-state index < -0.39 is 0 Å². The van der Waals surface area contributed by atoms with E-state index in [0.29, 0.717) is 18.7 Å². The van der Waals surface area contributed by atoms with Gasteiger partial charge in [0.05, 0.1) is 6.54 Å². The Bertz CT molecular complexity index is 943. The second-order valence-electron chi connectivity index (χ2n) is 6.84. The quantitative estimate of drug-likeness (QED) is 0.620. The largest absolute Gasteiger partial charge is 0.376 e. The Morgan fingerprint density at radius 1 is 0.828 bits per heavy atom. The van der Waals surface area contributed by atoms with Gasteiger partial charge in [0.1, 0.15) is 0 Å². The number of benzene rings is 3. The van der Waals surface area contributed by atoms with Crippen LogP contribution in [-0.2, 0) is 17.9 Å². The first kappa shape index (κ1) is 20.1. The molecule has 3 aromatic rings. The number of hydrogen-bond donors (Lipinski definition) is 2. The molecule has 0 aliphatic carbocycles. The van der Waals surface area contributed by atoms with Crippen LogP contribution < -0.4 is 10.6 Å². The molecule has 0 radical (unpaired) electrons. The lowest BCUT2D eigenvalue weighted by Crippen LogP contribution is -2.29. The number of nitrogens with one attached hydrogen (secondary N) is 2. The topological polar surface area (TPSA) is 61.4 Å². The fourth-order valence-electron chi connectivity index (χ4n) is 2.95. The molecule has 5 nitrogen and oxygen atoms in total. The van der Waals surface area contributed by atoms with Crippen molar-refractivity contribution in [2.45, 2.75) is 13.1 Å². The molecule has 0 saturated carbocycles. The van der Waals surface area contributed by atoms with Crippen molar-refractivity contribution in [2.24, 2.45) is 0 Å². The van der Waals surface area contributed by atoms with Crippen LogP contribution in [0.4, 0.5) is 5.69 Å². The first-order valence-electron chi connectivity index (χ1n) is 9.56. The summed E-state index contributed by atoms with van der Waals surface area (Å²) in [5.41, 5.74) is 3.44. The second kappa shape index (κ2) is 10.1. The molecule has 2 amide bonds. The highest BCUT2D eigenvalue weighted by molar-refractivity contribution is 5.95. The average Bonchev–Trinajstić information content (AvgIpc) is 2.77. The van der Waals surface area contributed by atoms with Crippen molar-refractivity contribution in [3.8, 4) is 0 Å². The van der Waals surface area contributed by atoms with Gasteiger partial charge in [-0.15, -0.1) is 0 Å². The summed E-state index contributed by atoms with van der Waals surface area (Å²) >= 11 is 0. The zero-order chi connectivity index (χ0) is 20.5. The molecule has 29 heavy (non-hydrogen) atoms. The van der Waals surface area contributed by atoms with Crippen LogP contribution in [0.5, 0.6) is 0 Å². The standard InChI is InChI=1S/C24H25N3O2/c1-27(18-20-11-6-3-7-12-20)24(29)21-13-8-14-22(15-21)25-17-23(28)26-16-19-9-4-2-5-10-19/h2-15,25H,16-18H2,1H3,(H,26,28). The minimum absolute atomic E-state index is 0.0639. The van der Waals surface area contributed by atoms with Gasteiger partial charge in [-0.1, -0.05) is 66.7 Å². The minimum atomic E-state index is -0.105. The van der Waals surface area contributed by atoms with Crippen LogP contribution in [0.3, 0.4) is 0 Å². The van der Waals surface area contributed by atoms with Crippen LogP contribution in [-0.4, -0.2) is 30.3 Å². The summed E-state index contributed by atoms with van der Waals surface area (Å²) in [7, 11) is 1.78. The molecular formula is C24H25N3O2. The number of carbonyl (C=O) groups is 2. The van der Waals surface area contributed by atoms with E-state index in [9.17, 15) is 9.59 Å². The third-order valence-electron chi connectivity index (χ3n) is 4.50. The number of amides is 2. The van der Waals surface area contributed by atoms with Gasteiger partial charge in [-0.2, -0.15) is 0 Å². The van der Waals surface area contributed by atoms with E-state index in [4.69, 9.17) is 0 Å². The lowest BCUT2D eigenvalue weighted by Gasteiger charge is -2.18. The number of nitrogens with zero attached hydrogens (tertiary/aromatic N) is 1. The van der Waals surface area contributed by atoms with E-state index in [0.717, 1.165) is 16.8 Å². The molecule has 0 aromatic heterocycles. The maximum atomic E-state index is 12.7. The Morgan fingerprint density at radius 3 is 2.17 bits per heavy atom. The molecule has 0 saturated heterocycles. The summed E-state index contributed by atoms with van der Waals surface area (Å²) in [6.45, 7) is 1.17. The lowest BCUT2D eigenvalue weighted by molar-refractivity contribution is -0.119. The van der Waals surface area contributed by atoms with Gasteiger partial charge in [-0.25, -0.2) is 0 Å². The fraction of sp³-hybridized carbons (Fsp3) is 0.167. The second-order valence-corrected chi connectivity index (χ2v) is 6.84. The van der Waals surface area contributed by atoms with Crippen LogP contribution in [0.2, 0.25) is 0 Å². The van der Waals surface area contributed by atoms with E-state index >= 15 is 0 Å². The Morgan fingerprint density at radius 2 is 1.48 bits per heavy atom. The third-order valence-corrected chi connectivity index (χ3v) is 4.50. The smallest absolute Gasteiger partial charge is 0.253 e. The van der Waals surface area contributed by atoms with Crippen LogP contribution in [0, 0.1) is 0 Å². The molecule has 0 aliphatic rings. The van der Waals surface area contributed by atoms with E-state index in [2.05, 4.69) is 10.6 Å². The Hall–Kier alpha value is -3.60. The van der Waals surface area contributed by atoms with Crippen molar-refractivity contribution in [1.82, 2.24) is 10.2 Å². The molecule has 3 rings (SSSR count). The van der Waals surface area contributed by atoms with Gasteiger partial charge >= 0.3 is 0 Å². The maximum absolute atomic E-state index is 12.7. The summed E-state index contributed by atoms with van der Waals surface area (Å²) in [6, 6.07) is 26.8. The predicted octanol–water partition coefficient (Wildman–Crippen LogP) is 3.69. The van der Waals surface area contributed by atoms with Crippen molar-refractivity contribution in [3.63, 3.8) is 0 Å². The Kier molecular flexibility index (Phi) is 7.00. The lowest BCUT2D eigenvalue weighted by atomic mass is 10.1. The number of rotatable bonds is 8. The van der Waals surface area contributed by atoms with Crippen molar-refractivity contribution >= 4 is 17.5 Å². The van der Waals surface area contributed by atoms with Crippen molar-refractivity contribution in [3.05, 3.63) is 102 Å². The zero-order valence-corrected chi connectivity index (χ0v) is 16.5. The van der Waals surface area contributed by atoms with Crippen LogP contribution >= 0.6 is 0 Å². The minimum Gasteiger partial charge on any atom is -0.376 e. The van der Waals surface area contributed by atoms with Crippen molar-refractivity contribution in [1.29, 1.82) is 0 Å². The predicted molar refractivity (Wildman–Crippen MR) is 115 cm³/mol. The number of anilines is 1. The molecule has 0 unspecified atom stereocenters. The summed E-state index contributed by atoms with van der Waals surface area (Å²) < 4.78 is 0. The van der Waals surface area contributed by atoms with Crippen LogP contribution in [0.15, 0.2) is 84.9 Å². The van der Waals surface area contributed by atoms with Gasteiger partial charge in [0, 0.05) is 31.4 Å². The van der Waals surface area contributed by atoms with Gasteiger partial charge in [-0.05, 0) is 29.3 Å². The first-order valence-corrected chi connectivity index (χ1v) is 9.56. The van der Waals surface area contributed by atoms with E-state index in [-0.39, 0.29) is 18.4 Å². The molecule has 0 heterocycles. The van der Waals surface area contributed by atoms with Gasteiger partial charge in [0.25, 0.3) is 5.91 Å².